The molecule has 1 aromatic rings. The number of methoxy groups -OCH3 is 1. The molecule has 102 valence electrons. The summed E-state index contributed by atoms with van der Waals surface area (Å²) in [6, 6.07) is 4.97. The Morgan fingerprint density at radius 2 is 2.16 bits per heavy atom. The van der Waals surface area contributed by atoms with Crippen LogP contribution in [0.4, 0.5) is 5.69 Å². The minimum Gasteiger partial charge on any atom is -0.468 e. The third-order valence-corrected chi connectivity index (χ3v) is 3.54. The summed E-state index contributed by atoms with van der Waals surface area (Å²) in [7, 11) is 1.32. The predicted octanol–water partition coefficient (Wildman–Crippen LogP) is 1.98. The molecule has 1 aliphatic heterocycles. The molecule has 1 atom stereocenters. The fourth-order valence-corrected chi connectivity index (χ4v) is 2.43. The van der Waals surface area contributed by atoms with Gasteiger partial charge in [0.25, 0.3) is 0 Å². The lowest BCUT2D eigenvalue weighted by molar-refractivity contribution is -0.147. The number of esters is 1. The molecule has 5 nitrogen and oxygen atoms in total. The van der Waals surface area contributed by atoms with Crippen molar-refractivity contribution in [3.05, 3.63) is 28.2 Å². The highest BCUT2D eigenvalue weighted by Crippen LogP contribution is 2.34. The molecule has 0 saturated carbocycles. The lowest BCUT2D eigenvalue weighted by Crippen LogP contribution is -2.50. The van der Waals surface area contributed by atoms with Crippen molar-refractivity contribution in [2.45, 2.75) is 25.4 Å². The number of rotatable bonds is 3. The smallest absolute Gasteiger partial charge is 0.325 e. The van der Waals surface area contributed by atoms with Crippen LogP contribution in [0.5, 0.6) is 0 Å². The van der Waals surface area contributed by atoms with E-state index in [0.717, 1.165) is 15.7 Å². The first kappa shape index (κ1) is 14.0. The normalized spacial score (nSPS) is 17.9. The number of benzene rings is 1. The van der Waals surface area contributed by atoms with Crippen LogP contribution >= 0.6 is 15.9 Å². The summed E-state index contributed by atoms with van der Waals surface area (Å²) in [6.07, 6.45) is 0. The maximum atomic E-state index is 12.0. The molecule has 2 N–H and O–H groups in total. The Hall–Kier alpha value is -1.40. The monoisotopic (exact) mass is 326 g/mol. The second-order valence-corrected chi connectivity index (χ2v) is 5.83. The zero-order valence-corrected chi connectivity index (χ0v) is 12.5. The van der Waals surface area contributed by atoms with Crippen molar-refractivity contribution in [3.8, 4) is 0 Å². The van der Waals surface area contributed by atoms with E-state index in [1.54, 1.807) is 13.8 Å². The summed E-state index contributed by atoms with van der Waals surface area (Å²) in [6.45, 7) is 3.37. The number of hydrogen-bond acceptors (Lipinski definition) is 4. The number of hydrogen-bond donors (Lipinski definition) is 2. The van der Waals surface area contributed by atoms with Gasteiger partial charge in [0, 0.05) is 15.7 Å². The second-order valence-electron chi connectivity index (χ2n) is 4.91. The Kier molecular flexibility index (Phi) is 3.64. The minimum atomic E-state index is -0.944. The van der Waals surface area contributed by atoms with Crippen LogP contribution in [0.15, 0.2) is 22.7 Å². The fourth-order valence-electron chi connectivity index (χ4n) is 2.05. The number of carbonyl (C=O) groups is 2. The summed E-state index contributed by atoms with van der Waals surface area (Å²) in [5, 5.41) is 5.81. The van der Waals surface area contributed by atoms with Crippen LogP contribution in [-0.2, 0) is 14.3 Å². The molecule has 1 aliphatic rings. The van der Waals surface area contributed by atoms with Crippen molar-refractivity contribution in [1.82, 2.24) is 5.32 Å². The zero-order chi connectivity index (χ0) is 14.2. The highest BCUT2D eigenvalue weighted by molar-refractivity contribution is 9.10. The molecule has 19 heavy (non-hydrogen) atoms. The Bertz CT molecular complexity index is 543. The molecule has 2 rings (SSSR count). The van der Waals surface area contributed by atoms with Gasteiger partial charge in [-0.2, -0.15) is 0 Å². The highest BCUT2D eigenvalue weighted by atomic mass is 79.9. The van der Waals surface area contributed by atoms with Crippen LogP contribution in [0.2, 0.25) is 0 Å². The predicted molar refractivity (Wildman–Crippen MR) is 74.7 cm³/mol. The van der Waals surface area contributed by atoms with Gasteiger partial charge in [-0.15, -0.1) is 0 Å². The quantitative estimate of drug-likeness (QED) is 0.833. The standard InChI is InChI=1S/C13H15BrN2O3/c1-13(2,12(18)19-3)16-10-8-6-7(14)4-5-9(8)15-11(10)17/h4-6,10,16H,1-3H3,(H,15,17). The van der Waals surface area contributed by atoms with Crippen LogP contribution in [-0.4, -0.2) is 24.5 Å². The van der Waals surface area contributed by atoms with Crippen molar-refractivity contribution in [1.29, 1.82) is 0 Å². The molecule has 1 unspecified atom stereocenters. The van der Waals surface area contributed by atoms with E-state index in [1.165, 1.54) is 7.11 Å². The van der Waals surface area contributed by atoms with Gasteiger partial charge in [0.05, 0.1) is 7.11 Å². The molecule has 1 aromatic carbocycles. The number of carbonyl (C=O) groups excluding carboxylic acids is 2. The number of amides is 1. The van der Waals surface area contributed by atoms with Crippen LogP contribution in [0, 0.1) is 0 Å². The Morgan fingerprint density at radius 1 is 1.47 bits per heavy atom. The fraction of sp³-hybridized carbons (Fsp3) is 0.385. The Labute approximate surface area is 119 Å². The number of anilines is 1. The van der Waals surface area contributed by atoms with E-state index < -0.39 is 17.6 Å². The van der Waals surface area contributed by atoms with Gasteiger partial charge >= 0.3 is 5.97 Å². The molecule has 0 spiro atoms. The Balaban J connectivity index is 2.30. The van der Waals surface area contributed by atoms with Gasteiger partial charge in [0.15, 0.2) is 0 Å². The first-order chi connectivity index (χ1) is 8.85. The second kappa shape index (κ2) is 4.94. The average molecular weight is 327 g/mol. The number of ether oxygens (including phenoxy) is 1. The third kappa shape index (κ3) is 2.64. The summed E-state index contributed by atoms with van der Waals surface area (Å²) < 4.78 is 5.61. The summed E-state index contributed by atoms with van der Waals surface area (Å²) >= 11 is 3.38. The van der Waals surface area contributed by atoms with E-state index in [2.05, 4.69) is 26.6 Å². The van der Waals surface area contributed by atoms with Crippen molar-refractivity contribution in [3.63, 3.8) is 0 Å². The van der Waals surface area contributed by atoms with Crippen molar-refractivity contribution >= 4 is 33.5 Å². The Morgan fingerprint density at radius 3 is 2.79 bits per heavy atom. The van der Waals surface area contributed by atoms with Gasteiger partial charge in [-0.05, 0) is 32.0 Å². The van der Waals surface area contributed by atoms with Crippen LogP contribution in [0.25, 0.3) is 0 Å². The van der Waals surface area contributed by atoms with Gasteiger partial charge in [0.2, 0.25) is 5.91 Å². The SMILES string of the molecule is COC(=O)C(C)(C)NC1C(=O)Nc2ccc(Br)cc21. The molecular formula is C13H15BrN2O3. The lowest BCUT2D eigenvalue weighted by Gasteiger charge is -2.26. The zero-order valence-electron chi connectivity index (χ0n) is 10.9. The number of halogens is 1. The average Bonchev–Trinajstić information content (AvgIpc) is 2.64. The largest absolute Gasteiger partial charge is 0.468 e. The summed E-state index contributed by atoms with van der Waals surface area (Å²) in [4.78, 5) is 23.7. The number of fused-ring (bicyclic) bond motifs is 1. The van der Waals surface area contributed by atoms with Crippen molar-refractivity contribution in [2.75, 3.05) is 12.4 Å². The molecule has 6 heteroatoms. The van der Waals surface area contributed by atoms with Gasteiger partial charge in [-0.1, -0.05) is 15.9 Å². The van der Waals surface area contributed by atoms with Crippen LogP contribution in [0.3, 0.4) is 0 Å². The van der Waals surface area contributed by atoms with E-state index >= 15 is 0 Å². The molecule has 1 amide bonds. The van der Waals surface area contributed by atoms with Crippen molar-refractivity contribution in [2.24, 2.45) is 0 Å². The summed E-state index contributed by atoms with van der Waals surface area (Å²) in [5.74, 6) is -0.589. The molecular weight excluding hydrogens is 312 g/mol. The number of nitrogens with one attached hydrogen (secondary N) is 2. The third-order valence-electron chi connectivity index (χ3n) is 3.05. The maximum absolute atomic E-state index is 12.0. The molecule has 0 bridgehead atoms. The molecule has 0 aliphatic carbocycles. The van der Waals surface area contributed by atoms with Crippen LogP contribution in [0.1, 0.15) is 25.5 Å². The molecule has 0 aromatic heterocycles. The van der Waals surface area contributed by atoms with E-state index in [0.29, 0.717) is 0 Å². The first-order valence-electron chi connectivity index (χ1n) is 5.81. The topological polar surface area (TPSA) is 67.4 Å². The van der Waals surface area contributed by atoms with Gasteiger partial charge < -0.3 is 10.1 Å². The highest BCUT2D eigenvalue weighted by Gasteiger charge is 2.38. The van der Waals surface area contributed by atoms with E-state index in [9.17, 15) is 9.59 Å². The van der Waals surface area contributed by atoms with E-state index in [-0.39, 0.29) is 5.91 Å². The van der Waals surface area contributed by atoms with Gasteiger partial charge in [-0.3, -0.25) is 14.9 Å². The van der Waals surface area contributed by atoms with Crippen LogP contribution < -0.4 is 10.6 Å². The first-order valence-corrected chi connectivity index (χ1v) is 6.61. The van der Waals surface area contributed by atoms with Gasteiger partial charge in [-0.25, -0.2) is 0 Å². The molecule has 1 heterocycles. The van der Waals surface area contributed by atoms with E-state index in [4.69, 9.17) is 4.74 Å². The minimum absolute atomic E-state index is 0.176. The summed E-state index contributed by atoms with van der Waals surface area (Å²) in [5.41, 5.74) is 0.628. The lowest BCUT2D eigenvalue weighted by atomic mass is 10.0. The maximum Gasteiger partial charge on any atom is 0.325 e. The van der Waals surface area contributed by atoms with Crippen molar-refractivity contribution < 1.29 is 14.3 Å². The molecule has 0 fully saturated rings. The molecule has 0 radical (unpaired) electrons. The molecule has 0 saturated heterocycles. The van der Waals surface area contributed by atoms with E-state index in [1.807, 2.05) is 18.2 Å². The van der Waals surface area contributed by atoms with Gasteiger partial charge in [0.1, 0.15) is 11.6 Å².